The minimum atomic E-state index is 0.158. The van der Waals surface area contributed by atoms with Crippen LogP contribution in [0.5, 0.6) is 5.75 Å². The van der Waals surface area contributed by atoms with E-state index in [1.54, 1.807) is 18.1 Å². The molecular weight excluding hydrogens is 294 g/mol. The van der Waals surface area contributed by atoms with Crippen molar-refractivity contribution in [1.29, 1.82) is 0 Å². The van der Waals surface area contributed by atoms with Gasteiger partial charge in [0.2, 0.25) is 5.91 Å². The third-order valence-corrected chi connectivity index (χ3v) is 4.22. The minimum Gasteiger partial charge on any atom is -0.497 e. The van der Waals surface area contributed by atoms with Gasteiger partial charge in [-0.1, -0.05) is 12.1 Å². The maximum Gasteiger partial charge on any atom is 0.223 e. The molecule has 1 saturated heterocycles. The fourth-order valence-electron chi connectivity index (χ4n) is 3.08. The number of rotatable bonds is 6. The number of tetrazole rings is 1. The Hall–Kier alpha value is -2.44. The fraction of sp³-hybridized carbons (Fsp3) is 0.500. The van der Waals surface area contributed by atoms with Crippen molar-refractivity contribution in [3.05, 3.63) is 36.2 Å². The third-order valence-electron chi connectivity index (χ3n) is 4.22. The van der Waals surface area contributed by atoms with Gasteiger partial charge in [0.25, 0.3) is 0 Å². The van der Waals surface area contributed by atoms with Crippen LogP contribution in [0.1, 0.15) is 37.3 Å². The van der Waals surface area contributed by atoms with Crippen LogP contribution in [0.2, 0.25) is 0 Å². The van der Waals surface area contributed by atoms with Crippen LogP contribution in [-0.4, -0.2) is 44.7 Å². The van der Waals surface area contributed by atoms with Gasteiger partial charge in [0.15, 0.2) is 0 Å². The lowest BCUT2D eigenvalue weighted by Crippen LogP contribution is -2.30. The highest BCUT2D eigenvalue weighted by Crippen LogP contribution is 2.33. The summed E-state index contributed by atoms with van der Waals surface area (Å²) in [4.78, 5) is 14.5. The highest BCUT2D eigenvalue weighted by atomic mass is 16.5. The van der Waals surface area contributed by atoms with E-state index in [4.69, 9.17) is 4.74 Å². The summed E-state index contributed by atoms with van der Waals surface area (Å²) >= 11 is 0. The van der Waals surface area contributed by atoms with Crippen molar-refractivity contribution in [3.63, 3.8) is 0 Å². The van der Waals surface area contributed by atoms with Crippen molar-refractivity contribution in [2.75, 3.05) is 13.7 Å². The smallest absolute Gasteiger partial charge is 0.223 e. The van der Waals surface area contributed by atoms with Crippen molar-refractivity contribution in [2.24, 2.45) is 0 Å². The van der Waals surface area contributed by atoms with Gasteiger partial charge in [-0.05, 0) is 47.4 Å². The van der Waals surface area contributed by atoms with Crippen LogP contribution in [0.3, 0.4) is 0 Å². The van der Waals surface area contributed by atoms with Gasteiger partial charge in [-0.2, -0.15) is 0 Å². The first-order valence-electron chi connectivity index (χ1n) is 7.92. The Balaban J connectivity index is 1.60. The average molecular weight is 315 g/mol. The van der Waals surface area contributed by atoms with Gasteiger partial charge in [-0.15, -0.1) is 5.10 Å². The van der Waals surface area contributed by atoms with Crippen molar-refractivity contribution in [2.45, 2.75) is 38.3 Å². The number of amides is 1. The van der Waals surface area contributed by atoms with E-state index in [2.05, 4.69) is 21.6 Å². The molecule has 1 fully saturated rings. The van der Waals surface area contributed by atoms with E-state index in [1.807, 2.05) is 23.1 Å². The SMILES string of the molecule is COc1cccc(C2CCCN2C(=O)CCCn2cnnn2)c1. The fourth-order valence-corrected chi connectivity index (χ4v) is 3.08. The first kappa shape index (κ1) is 15.5. The molecule has 0 spiro atoms. The quantitative estimate of drug-likeness (QED) is 0.813. The zero-order chi connectivity index (χ0) is 16.1. The first-order valence-corrected chi connectivity index (χ1v) is 7.92. The zero-order valence-corrected chi connectivity index (χ0v) is 13.3. The maximum absolute atomic E-state index is 12.5. The number of hydrogen-bond acceptors (Lipinski definition) is 5. The molecule has 0 radical (unpaired) electrons. The lowest BCUT2D eigenvalue weighted by Gasteiger charge is -2.25. The topological polar surface area (TPSA) is 73.1 Å². The number of benzene rings is 1. The third kappa shape index (κ3) is 3.67. The summed E-state index contributed by atoms with van der Waals surface area (Å²) in [5.74, 6) is 1.03. The Bertz CT molecular complexity index is 644. The van der Waals surface area contributed by atoms with Gasteiger partial charge < -0.3 is 9.64 Å². The van der Waals surface area contributed by atoms with Gasteiger partial charge in [-0.3, -0.25) is 4.79 Å². The van der Waals surface area contributed by atoms with E-state index in [1.165, 1.54) is 0 Å². The van der Waals surface area contributed by atoms with Crippen LogP contribution in [0.25, 0.3) is 0 Å². The summed E-state index contributed by atoms with van der Waals surface area (Å²) in [5.41, 5.74) is 1.15. The Kier molecular flexibility index (Phi) is 4.85. The number of aromatic nitrogens is 4. The summed E-state index contributed by atoms with van der Waals surface area (Å²) in [5, 5.41) is 11.0. The number of aryl methyl sites for hydroxylation is 1. The van der Waals surface area contributed by atoms with Crippen LogP contribution in [-0.2, 0) is 11.3 Å². The van der Waals surface area contributed by atoms with E-state index in [0.717, 1.165) is 37.1 Å². The molecule has 1 unspecified atom stereocenters. The van der Waals surface area contributed by atoms with Gasteiger partial charge in [-0.25, -0.2) is 4.68 Å². The molecule has 23 heavy (non-hydrogen) atoms. The second-order valence-electron chi connectivity index (χ2n) is 5.70. The van der Waals surface area contributed by atoms with Crippen molar-refractivity contribution in [3.8, 4) is 5.75 Å². The zero-order valence-electron chi connectivity index (χ0n) is 13.3. The van der Waals surface area contributed by atoms with E-state index in [9.17, 15) is 4.79 Å². The Morgan fingerprint density at radius 2 is 2.35 bits per heavy atom. The Morgan fingerprint density at radius 1 is 1.43 bits per heavy atom. The lowest BCUT2D eigenvalue weighted by molar-refractivity contribution is -0.132. The first-order chi connectivity index (χ1) is 11.3. The second-order valence-corrected chi connectivity index (χ2v) is 5.70. The monoisotopic (exact) mass is 315 g/mol. The van der Waals surface area contributed by atoms with Crippen molar-refractivity contribution >= 4 is 5.91 Å². The second kappa shape index (κ2) is 7.21. The molecule has 122 valence electrons. The molecule has 1 atom stereocenters. The number of hydrogen-bond donors (Lipinski definition) is 0. The average Bonchev–Trinajstić information content (AvgIpc) is 3.26. The summed E-state index contributed by atoms with van der Waals surface area (Å²) in [6.45, 7) is 1.49. The summed E-state index contributed by atoms with van der Waals surface area (Å²) in [6.07, 6.45) is 4.87. The highest BCUT2D eigenvalue weighted by Gasteiger charge is 2.29. The van der Waals surface area contributed by atoms with E-state index >= 15 is 0 Å². The molecule has 2 aromatic rings. The van der Waals surface area contributed by atoms with Gasteiger partial charge in [0.05, 0.1) is 13.2 Å². The normalized spacial score (nSPS) is 17.4. The molecule has 7 heteroatoms. The van der Waals surface area contributed by atoms with Crippen molar-refractivity contribution in [1.82, 2.24) is 25.1 Å². The molecule has 3 rings (SSSR count). The molecule has 1 aromatic carbocycles. The number of carbonyl (C=O) groups is 1. The van der Waals surface area contributed by atoms with Crippen molar-refractivity contribution < 1.29 is 9.53 Å². The summed E-state index contributed by atoms with van der Waals surface area (Å²) in [7, 11) is 1.66. The van der Waals surface area contributed by atoms with E-state index in [-0.39, 0.29) is 11.9 Å². The molecule has 0 bridgehead atoms. The van der Waals surface area contributed by atoms with E-state index < -0.39 is 0 Å². The van der Waals surface area contributed by atoms with Crippen LogP contribution in [0.4, 0.5) is 0 Å². The highest BCUT2D eigenvalue weighted by molar-refractivity contribution is 5.77. The largest absolute Gasteiger partial charge is 0.497 e. The van der Waals surface area contributed by atoms with Crippen LogP contribution < -0.4 is 4.74 Å². The molecule has 0 N–H and O–H groups in total. The van der Waals surface area contributed by atoms with Crippen LogP contribution in [0, 0.1) is 0 Å². The minimum absolute atomic E-state index is 0.158. The van der Waals surface area contributed by atoms with Gasteiger partial charge >= 0.3 is 0 Å². The van der Waals surface area contributed by atoms with E-state index in [0.29, 0.717) is 13.0 Å². The lowest BCUT2D eigenvalue weighted by atomic mass is 10.0. The maximum atomic E-state index is 12.5. The number of methoxy groups -OCH3 is 1. The predicted octanol–water partition coefficient (Wildman–Crippen LogP) is 1.83. The molecule has 0 saturated carbocycles. The predicted molar refractivity (Wildman–Crippen MR) is 83.7 cm³/mol. The molecule has 1 amide bonds. The molecule has 1 aliphatic rings. The summed E-state index contributed by atoms with van der Waals surface area (Å²) in [6, 6.07) is 8.16. The molecule has 0 aliphatic carbocycles. The van der Waals surface area contributed by atoms with Crippen LogP contribution >= 0.6 is 0 Å². The molecule has 1 aromatic heterocycles. The molecule has 2 heterocycles. The molecule has 7 nitrogen and oxygen atoms in total. The number of likely N-dealkylation sites (tertiary alicyclic amines) is 1. The number of carbonyl (C=O) groups excluding carboxylic acids is 1. The van der Waals surface area contributed by atoms with Crippen LogP contribution in [0.15, 0.2) is 30.6 Å². The molecular formula is C16H21N5O2. The number of ether oxygens (including phenoxy) is 1. The standard InChI is InChI=1S/C16H21N5O2/c1-23-14-6-2-5-13(11-14)15-7-3-10-21(15)16(22)8-4-9-20-12-17-18-19-20/h2,5-6,11-12,15H,3-4,7-10H2,1H3. The Morgan fingerprint density at radius 3 is 3.13 bits per heavy atom. The Labute approximate surface area is 135 Å². The summed E-state index contributed by atoms with van der Waals surface area (Å²) < 4.78 is 6.94. The van der Waals surface area contributed by atoms with Gasteiger partial charge in [0.1, 0.15) is 12.1 Å². The number of nitrogens with zero attached hydrogens (tertiary/aromatic N) is 5. The molecule has 1 aliphatic heterocycles. The van der Waals surface area contributed by atoms with Gasteiger partial charge in [0, 0.05) is 19.5 Å².